The minimum atomic E-state index is -0.234. The molecule has 9 nitrogen and oxygen atoms in total. The van der Waals surface area contributed by atoms with E-state index in [0.717, 1.165) is 18.8 Å². The molecule has 1 aromatic carbocycles. The van der Waals surface area contributed by atoms with Gasteiger partial charge in [0.25, 0.3) is 0 Å². The fraction of sp³-hybridized carbons (Fsp3) is 0.455. The van der Waals surface area contributed by atoms with Gasteiger partial charge in [0.05, 0.1) is 12.1 Å². The zero-order valence-corrected chi connectivity index (χ0v) is 20.1. The van der Waals surface area contributed by atoms with Gasteiger partial charge in [-0.2, -0.15) is 0 Å². The molecular weight excluding hydrogens is 464 g/mol. The molecule has 0 aliphatic carbocycles. The van der Waals surface area contributed by atoms with Crippen molar-refractivity contribution >= 4 is 51.6 Å². The maximum Gasteiger partial charge on any atom is 0.323 e. The average Bonchev–Trinajstić information content (AvgIpc) is 3.25. The molecule has 0 atom stereocenters. The van der Waals surface area contributed by atoms with Crippen LogP contribution >= 0.6 is 22.9 Å². The highest BCUT2D eigenvalue weighted by atomic mass is 35.5. The molecule has 2 aliphatic heterocycles. The van der Waals surface area contributed by atoms with Crippen molar-refractivity contribution in [2.75, 3.05) is 62.6 Å². The Kier molecular flexibility index (Phi) is 7.34. The molecule has 1 N–H and O–H groups in total. The Balaban J connectivity index is 1.24. The highest BCUT2D eigenvalue weighted by Crippen LogP contribution is 2.22. The second-order valence-corrected chi connectivity index (χ2v) is 9.39. The van der Waals surface area contributed by atoms with Crippen LogP contribution in [-0.2, 0) is 16.0 Å². The number of carbonyl (C=O) groups is 3. The van der Waals surface area contributed by atoms with E-state index in [2.05, 4.69) is 15.2 Å². The summed E-state index contributed by atoms with van der Waals surface area (Å²) >= 11 is 7.40. The van der Waals surface area contributed by atoms with Gasteiger partial charge in [0.15, 0.2) is 5.13 Å². The van der Waals surface area contributed by atoms with Crippen LogP contribution in [0.25, 0.3) is 0 Å². The van der Waals surface area contributed by atoms with Crippen LogP contribution in [0.1, 0.15) is 12.6 Å². The maximum atomic E-state index is 12.8. The molecule has 2 saturated heterocycles. The van der Waals surface area contributed by atoms with Crippen LogP contribution in [-0.4, -0.2) is 89.9 Å². The van der Waals surface area contributed by atoms with E-state index in [-0.39, 0.29) is 24.3 Å². The van der Waals surface area contributed by atoms with Gasteiger partial charge in [-0.1, -0.05) is 17.7 Å². The number of carbonyl (C=O) groups excluding carboxylic acids is 3. The molecule has 3 heterocycles. The number of anilines is 2. The average molecular weight is 491 g/mol. The number of nitrogens with zero attached hydrogens (tertiary/aromatic N) is 5. The van der Waals surface area contributed by atoms with Gasteiger partial charge in [-0.15, -0.1) is 11.3 Å². The third kappa shape index (κ3) is 5.94. The first-order valence-corrected chi connectivity index (χ1v) is 12.2. The molecule has 33 heavy (non-hydrogen) atoms. The lowest BCUT2D eigenvalue weighted by Gasteiger charge is -2.36. The summed E-state index contributed by atoms with van der Waals surface area (Å²) in [5, 5.41) is 5.79. The molecule has 0 radical (unpaired) electrons. The number of thiazole rings is 1. The van der Waals surface area contributed by atoms with E-state index in [1.54, 1.807) is 9.80 Å². The Morgan fingerprint density at radius 2 is 1.67 bits per heavy atom. The zero-order chi connectivity index (χ0) is 23.4. The van der Waals surface area contributed by atoms with Gasteiger partial charge < -0.3 is 19.6 Å². The van der Waals surface area contributed by atoms with Gasteiger partial charge >= 0.3 is 6.03 Å². The number of hydrogen-bond acceptors (Lipinski definition) is 6. The minimum absolute atomic E-state index is 0.0233. The van der Waals surface area contributed by atoms with E-state index in [1.807, 2.05) is 34.5 Å². The Morgan fingerprint density at radius 3 is 2.33 bits per heavy atom. The molecule has 4 amide bonds. The summed E-state index contributed by atoms with van der Waals surface area (Å²) in [7, 11) is 0. The van der Waals surface area contributed by atoms with E-state index in [1.165, 1.54) is 18.3 Å². The van der Waals surface area contributed by atoms with Crippen LogP contribution < -0.4 is 10.2 Å². The van der Waals surface area contributed by atoms with Gasteiger partial charge in [0.2, 0.25) is 11.8 Å². The number of rotatable bonds is 4. The van der Waals surface area contributed by atoms with Crippen molar-refractivity contribution in [2.24, 2.45) is 0 Å². The quantitative estimate of drug-likeness (QED) is 0.710. The number of urea groups is 1. The highest BCUT2D eigenvalue weighted by Gasteiger charge is 2.24. The first kappa shape index (κ1) is 23.3. The number of amides is 4. The van der Waals surface area contributed by atoms with E-state index in [4.69, 9.17) is 11.6 Å². The number of hydrogen-bond donors (Lipinski definition) is 1. The Bertz CT molecular complexity index is 1020. The summed E-state index contributed by atoms with van der Waals surface area (Å²) < 4.78 is 0. The molecule has 176 valence electrons. The molecule has 0 unspecified atom stereocenters. The third-order valence-electron chi connectivity index (χ3n) is 5.92. The first-order valence-electron chi connectivity index (χ1n) is 10.9. The maximum absolute atomic E-state index is 12.8. The number of nitrogens with one attached hydrogen (secondary N) is 1. The summed E-state index contributed by atoms with van der Waals surface area (Å²) in [6.45, 7) is 6.37. The van der Waals surface area contributed by atoms with E-state index in [9.17, 15) is 14.4 Å². The minimum Gasteiger partial charge on any atom is -0.368 e. The first-order chi connectivity index (χ1) is 15.9. The Morgan fingerprint density at radius 1 is 1.00 bits per heavy atom. The van der Waals surface area contributed by atoms with Crippen molar-refractivity contribution in [3.63, 3.8) is 0 Å². The van der Waals surface area contributed by atoms with Gasteiger partial charge in [0.1, 0.15) is 0 Å². The van der Waals surface area contributed by atoms with Gasteiger partial charge in [-0.3, -0.25) is 14.9 Å². The summed E-state index contributed by atoms with van der Waals surface area (Å²) in [5.41, 5.74) is 1.72. The predicted molar refractivity (Wildman–Crippen MR) is 129 cm³/mol. The smallest absolute Gasteiger partial charge is 0.323 e. The second-order valence-electron chi connectivity index (χ2n) is 8.09. The summed E-state index contributed by atoms with van der Waals surface area (Å²) in [5.74, 6) is 0.0550. The Hall–Kier alpha value is -2.85. The molecule has 1 aromatic heterocycles. The second kappa shape index (κ2) is 10.4. The Labute approximate surface area is 201 Å². The lowest BCUT2D eigenvalue weighted by atomic mass is 10.2. The highest BCUT2D eigenvalue weighted by molar-refractivity contribution is 7.13. The monoisotopic (exact) mass is 490 g/mol. The van der Waals surface area contributed by atoms with Crippen molar-refractivity contribution in [1.82, 2.24) is 19.7 Å². The van der Waals surface area contributed by atoms with Crippen LogP contribution in [0.3, 0.4) is 0 Å². The lowest BCUT2D eigenvalue weighted by Crippen LogP contribution is -2.51. The lowest BCUT2D eigenvalue weighted by molar-refractivity contribution is -0.131. The predicted octanol–water partition coefficient (Wildman–Crippen LogP) is 2.38. The fourth-order valence-electron chi connectivity index (χ4n) is 3.99. The molecule has 11 heteroatoms. The summed E-state index contributed by atoms with van der Waals surface area (Å²) in [4.78, 5) is 48.6. The molecule has 2 fully saturated rings. The van der Waals surface area contributed by atoms with Gasteiger partial charge in [-0.25, -0.2) is 9.78 Å². The molecule has 0 saturated carbocycles. The summed E-state index contributed by atoms with van der Waals surface area (Å²) in [6, 6.07) is 7.51. The van der Waals surface area contributed by atoms with Crippen LogP contribution in [0.4, 0.5) is 15.6 Å². The van der Waals surface area contributed by atoms with E-state index >= 15 is 0 Å². The molecular formula is C22H27ClN6O3S. The molecule has 0 bridgehead atoms. The number of halogens is 1. The number of piperazine rings is 2. The van der Waals surface area contributed by atoms with E-state index < -0.39 is 0 Å². The van der Waals surface area contributed by atoms with Crippen molar-refractivity contribution in [3.05, 3.63) is 40.4 Å². The van der Waals surface area contributed by atoms with Crippen molar-refractivity contribution in [3.8, 4) is 0 Å². The van der Waals surface area contributed by atoms with Gasteiger partial charge in [0, 0.05) is 75.4 Å². The van der Waals surface area contributed by atoms with Crippen LogP contribution in [0, 0.1) is 0 Å². The normalized spacial score (nSPS) is 16.7. The SMILES string of the molecule is CC(=O)N1CCN(C(=O)Nc2nc(CC(=O)N3CCN(c4cccc(Cl)c4)CC3)cs2)CC1. The molecule has 4 rings (SSSR count). The van der Waals surface area contributed by atoms with E-state index in [0.29, 0.717) is 55.1 Å². The van der Waals surface area contributed by atoms with Crippen LogP contribution in [0.5, 0.6) is 0 Å². The largest absolute Gasteiger partial charge is 0.368 e. The molecule has 2 aliphatic rings. The third-order valence-corrected chi connectivity index (χ3v) is 6.96. The topological polar surface area (TPSA) is 89.1 Å². The van der Waals surface area contributed by atoms with Gasteiger partial charge in [-0.05, 0) is 18.2 Å². The van der Waals surface area contributed by atoms with Crippen LogP contribution in [0.2, 0.25) is 5.02 Å². The zero-order valence-electron chi connectivity index (χ0n) is 18.5. The van der Waals surface area contributed by atoms with Crippen molar-refractivity contribution in [2.45, 2.75) is 13.3 Å². The molecule has 2 aromatic rings. The standard InChI is InChI=1S/C22H27ClN6O3S/c1-16(30)26-5-11-29(12-6-26)22(32)25-21-24-18(15-33-21)14-20(31)28-9-7-27(8-10-28)19-4-2-3-17(23)13-19/h2-4,13,15H,5-12,14H2,1H3,(H,24,25,32). The van der Waals surface area contributed by atoms with Crippen molar-refractivity contribution in [1.29, 1.82) is 0 Å². The van der Waals surface area contributed by atoms with Crippen LogP contribution in [0.15, 0.2) is 29.6 Å². The van der Waals surface area contributed by atoms with Crippen molar-refractivity contribution < 1.29 is 14.4 Å². The molecule has 0 spiro atoms. The number of benzene rings is 1. The number of aromatic nitrogens is 1. The fourth-order valence-corrected chi connectivity index (χ4v) is 4.88. The summed E-state index contributed by atoms with van der Waals surface area (Å²) in [6.07, 6.45) is 0.209.